The van der Waals surface area contributed by atoms with Crippen LogP contribution in [-0.2, 0) is 0 Å². The lowest BCUT2D eigenvalue weighted by atomic mass is 9.63. The molecular weight excluding hydrogens is 314 g/mol. The van der Waals surface area contributed by atoms with Gasteiger partial charge in [-0.25, -0.2) is 0 Å². The molecule has 0 fully saturated rings. The number of rotatable bonds is 5. The molecular formula is C25H41N. The molecule has 0 aromatic heterocycles. The predicted octanol–water partition coefficient (Wildman–Crippen LogP) is 6.88. The molecule has 0 saturated carbocycles. The quantitative estimate of drug-likeness (QED) is 0.530. The average Bonchev–Trinajstić information content (AvgIpc) is 2.63. The zero-order valence-corrected chi connectivity index (χ0v) is 17.9. The third-order valence-electron chi connectivity index (χ3n) is 7.62. The van der Waals surface area contributed by atoms with Crippen molar-refractivity contribution in [2.45, 2.75) is 79.6 Å². The highest BCUT2D eigenvalue weighted by Crippen LogP contribution is 2.46. The molecule has 1 N–H and O–H groups in total. The fraction of sp³-hybridized carbons (Fsp3) is 0.760. The van der Waals surface area contributed by atoms with Gasteiger partial charge in [-0.2, -0.15) is 0 Å². The maximum Gasteiger partial charge on any atom is 0.0172 e. The Morgan fingerprint density at radius 2 is 1.96 bits per heavy atom. The molecule has 0 saturated heterocycles. The summed E-state index contributed by atoms with van der Waals surface area (Å²) in [5.74, 6) is 5.00. The molecule has 0 aromatic carbocycles. The van der Waals surface area contributed by atoms with E-state index in [1.807, 2.05) is 0 Å². The number of allylic oxidation sites excluding steroid dienone is 5. The Morgan fingerprint density at radius 3 is 2.62 bits per heavy atom. The van der Waals surface area contributed by atoms with Gasteiger partial charge in [-0.05, 0) is 93.6 Å². The smallest absolute Gasteiger partial charge is 0.0172 e. The van der Waals surface area contributed by atoms with Gasteiger partial charge in [-0.3, -0.25) is 0 Å². The molecule has 5 unspecified atom stereocenters. The minimum absolute atomic E-state index is 0.736. The molecule has 3 aliphatic rings. The van der Waals surface area contributed by atoms with E-state index in [1.54, 1.807) is 16.7 Å². The first-order chi connectivity index (χ1) is 12.5. The molecule has 3 rings (SSSR count). The van der Waals surface area contributed by atoms with Crippen LogP contribution in [0.2, 0.25) is 0 Å². The monoisotopic (exact) mass is 355 g/mol. The Kier molecular flexibility index (Phi) is 6.70. The minimum Gasteiger partial charge on any atom is -0.391 e. The Bertz CT molecular complexity index is 565. The molecule has 0 amide bonds. The lowest BCUT2D eigenvalue weighted by Crippen LogP contribution is -2.32. The summed E-state index contributed by atoms with van der Waals surface area (Å²) < 4.78 is 0. The van der Waals surface area contributed by atoms with E-state index in [1.165, 1.54) is 51.5 Å². The van der Waals surface area contributed by atoms with Gasteiger partial charge < -0.3 is 5.32 Å². The SMILES string of the molecule is CC1=C(CCC2CC=CNC2)CC(C)C(C2CCC(C(C)C)=CC2C)C1. The van der Waals surface area contributed by atoms with Gasteiger partial charge in [0.05, 0.1) is 0 Å². The standard InChI is InChI=1S/C25H41N/c1-17(2)22-10-11-24(19(4)13-22)25-15-18(3)23(14-20(25)5)9-8-21-7-6-12-26-16-21/h6,12-13,17,19-21,24-26H,7-11,14-16H2,1-5H3. The fourth-order valence-electron chi connectivity index (χ4n) is 5.79. The van der Waals surface area contributed by atoms with Crippen LogP contribution >= 0.6 is 0 Å². The van der Waals surface area contributed by atoms with Crippen LogP contribution in [0.25, 0.3) is 0 Å². The van der Waals surface area contributed by atoms with E-state index >= 15 is 0 Å². The largest absolute Gasteiger partial charge is 0.391 e. The summed E-state index contributed by atoms with van der Waals surface area (Å²) in [6.45, 7) is 13.4. The predicted molar refractivity (Wildman–Crippen MR) is 114 cm³/mol. The van der Waals surface area contributed by atoms with Crippen LogP contribution in [0.1, 0.15) is 79.6 Å². The molecule has 1 heterocycles. The van der Waals surface area contributed by atoms with Gasteiger partial charge in [0.25, 0.3) is 0 Å². The van der Waals surface area contributed by atoms with Crippen molar-refractivity contribution in [3.63, 3.8) is 0 Å². The number of hydrogen-bond acceptors (Lipinski definition) is 1. The van der Waals surface area contributed by atoms with E-state index in [2.05, 4.69) is 58.3 Å². The van der Waals surface area contributed by atoms with Crippen molar-refractivity contribution < 1.29 is 0 Å². The van der Waals surface area contributed by atoms with Crippen LogP contribution < -0.4 is 5.32 Å². The van der Waals surface area contributed by atoms with E-state index in [0.29, 0.717) is 0 Å². The van der Waals surface area contributed by atoms with Gasteiger partial charge in [0, 0.05) is 6.54 Å². The van der Waals surface area contributed by atoms with Crippen molar-refractivity contribution in [1.82, 2.24) is 5.32 Å². The molecule has 0 bridgehead atoms. The lowest BCUT2D eigenvalue weighted by molar-refractivity contribution is 0.166. The highest BCUT2D eigenvalue weighted by Gasteiger charge is 2.35. The summed E-state index contributed by atoms with van der Waals surface area (Å²) in [7, 11) is 0. The van der Waals surface area contributed by atoms with Crippen LogP contribution in [-0.4, -0.2) is 6.54 Å². The topological polar surface area (TPSA) is 12.0 Å². The van der Waals surface area contributed by atoms with Crippen molar-refractivity contribution >= 4 is 0 Å². The maximum absolute atomic E-state index is 3.41. The molecule has 0 spiro atoms. The second kappa shape index (κ2) is 8.81. The van der Waals surface area contributed by atoms with E-state index in [4.69, 9.17) is 0 Å². The Balaban J connectivity index is 1.60. The number of nitrogens with one attached hydrogen (secondary N) is 1. The van der Waals surface area contributed by atoms with E-state index in [0.717, 1.165) is 35.5 Å². The van der Waals surface area contributed by atoms with Gasteiger partial charge in [0.1, 0.15) is 0 Å². The van der Waals surface area contributed by atoms with Gasteiger partial charge >= 0.3 is 0 Å². The molecule has 26 heavy (non-hydrogen) atoms. The van der Waals surface area contributed by atoms with Crippen molar-refractivity contribution in [3.05, 3.63) is 35.1 Å². The lowest BCUT2D eigenvalue weighted by Gasteiger charge is -2.42. The Labute approximate surface area is 162 Å². The van der Waals surface area contributed by atoms with Crippen LogP contribution in [0.15, 0.2) is 35.1 Å². The molecule has 1 nitrogen and oxygen atoms in total. The Morgan fingerprint density at radius 1 is 1.15 bits per heavy atom. The van der Waals surface area contributed by atoms with Crippen molar-refractivity contribution in [3.8, 4) is 0 Å². The summed E-state index contributed by atoms with van der Waals surface area (Å²) in [6.07, 6.45) is 16.5. The van der Waals surface area contributed by atoms with Gasteiger partial charge in [-0.1, -0.05) is 56.6 Å². The van der Waals surface area contributed by atoms with Gasteiger partial charge in [-0.15, -0.1) is 0 Å². The first-order valence-electron chi connectivity index (χ1n) is 11.2. The van der Waals surface area contributed by atoms with Crippen molar-refractivity contribution in [2.24, 2.45) is 35.5 Å². The first kappa shape index (κ1) is 19.8. The highest BCUT2D eigenvalue weighted by atomic mass is 14.8. The summed E-state index contributed by atoms with van der Waals surface area (Å²) in [6, 6.07) is 0. The van der Waals surface area contributed by atoms with Crippen LogP contribution in [0.4, 0.5) is 0 Å². The van der Waals surface area contributed by atoms with Crippen molar-refractivity contribution in [2.75, 3.05) is 6.54 Å². The van der Waals surface area contributed by atoms with Crippen molar-refractivity contribution in [1.29, 1.82) is 0 Å². The third kappa shape index (κ3) is 4.65. The molecule has 5 atom stereocenters. The summed E-state index contributed by atoms with van der Waals surface area (Å²) in [4.78, 5) is 0. The molecule has 1 heteroatoms. The van der Waals surface area contributed by atoms with Crippen LogP contribution in [0.5, 0.6) is 0 Å². The normalized spacial score (nSPS) is 35.5. The average molecular weight is 356 g/mol. The maximum atomic E-state index is 3.41. The van der Waals surface area contributed by atoms with E-state index in [-0.39, 0.29) is 0 Å². The minimum atomic E-state index is 0.736. The zero-order chi connectivity index (χ0) is 18.7. The molecule has 0 radical (unpaired) electrons. The zero-order valence-electron chi connectivity index (χ0n) is 17.9. The Hall–Kier alpha value is -0.980. The van der Waals surface area contributed by atoms with E-state index in [9.17, 15) is 0 Å². The van der Waals surface area contributed by atoms with E-state index < -0.39 is 0 Å². The van der Waals surface area contributed by atoms with Crippen LogP contribution in [0, 0.1) is 35.5 Å². The third-order valence-corrected chi connectivity index (χ3v) is 7.62. The molecule has 0 aromatic rings. The molecule has 2 aliphatic carbocycles. The molecule has 146 valence electrons. The first-order valence-corrected chi connectivity index (χ1v) is 11.2. The second-order valence-electron chi connectivity index (χ2n) is 9.84. The molecule has 1 aliphatic heterocycles. The van der Waals surface area contributed by atoms with Gasteiger partial charge in [0.15, 0.2) is 0 Å². The van der Waals surface area contributed by atoms with Crippen LogP contribution in [0.3, 0.4) is 0 Å². The number of hydrogen-bond donors (Lipinski definition) is 1. The fourth-order valence-corrected chi connectivity index (χ4v) is 5.79. The summed E-state index contributed by atoms with van der Waals surface area (Å²) >= 11 is 0. The summed E-state index contributed by atoms with van der Waals surface area (Å²) in [5.41, 5.74) is 5.24. The highest BCUT2D eigenvalue weighted by molar-refractivity contribution is 5.20. The summed E-state index contributed by atoms with van der Waals surface area (Å²) in [5, 5.41) is 3.41. The van der Waals surface area contributed by atoms with Gasteiger partial charge in [0.2, 0.25) is 0 Å². The second-order valence-corrected chi connectivity index (χ2v) is 9.84.